The van der Waals surface area contributed by atoms with Gasteiger partial charge in [0.1, 0.15) is 17.2 Å². The van der Waals surface area contributed by atoms with Gasteiger partial charge >= 0.3 is 11.9 Å². The molecule has 6 heteroatoms. The molecule has 26 heavy (non-hydrogen) atoms. The van der Waals surface area contributed by atoms with Crippen molar-refractivity contribution in [3.63, 3.8) is 0 Å². The van der Waals surface area contributed by atoms with E-state index in [1.54, 1.807) is 0 Å². The summed E-state index contributed by atoms with van der Waals surface area (Å²) in [4.78, 5) is 23.7. The van der Waals surface area contributed by atoms with Gasteiger partial charge in [-0.1, -0.05) is 19.1 Å². The number of esters is 2. The fourth-order valence-corrected chi connectivity index (χ4v) is 3.34. The summed E-state index contributed by atoms with van der Waals surface area (Å²) in [5.41, 5.74) is 1.96. The third kappa shape index (κ3) is 5.59. The average molecular weight is 376 g/mol. The van der Waals surface area contributed by atoms with Crippen molar-refractivity contribution in [2.75, 3.05) is 13.7 Å². The maximum absolute atomic E-state index is 11.7. The van der Waals surface area contributed by atoms with E-state index in [2.05, 4.69) is 6.92 Å². The summed E-state index contributed by atoms with van der Waals surface area (Å²) in [6.07, 6.45) is 1.16. The second-order valence-corrected chi connectivity index (χ2v) is 6.79. The van der Waals surface area contributed by atoms with E-state index in [0.717, 1.165) is 23.3 Å². The van der Waals surface area contributed by atoms with Crippen molar-refractivity contribution in [3.05, 3.63) is 51.7 Å². The second-order valence-electron chi connectivity index (χ2n) is 5.87. The molecule has 1 heterocycles. The van der Waals surface area contributed by atoms with Gasteiger partial charge in [-0.2, -0.15) is 0 Å². The summed E-state index contributed by atoms with van der Waals surface area (Å²) in [7, 11) is 1.37. The molecule has 0 aliphatic rings. The molecule has 5 nitrogen and oxygen atoms in total. The third-order valence-corrected chi connectivity index (χ3v) is 4.98. The van der Waals surface area contributed by atoms with Crippen LogP contribution in [0.25, 0.3) is 0 Å². The van der Waals surface area contributed by atoms with E-state index >= 15 is 0 Å². The molecule has 1 aromatic heterocycles. The van der Waals surface area contributed by atoms with Crippen LogP contribution in [-0.2, 0) is 20.9 Å². The minimum Gasteiger partial charge on any atom is -0.489 e. The number of carbonyl (C=O) groups excluding carboxylic acids is 2. The highest BCUT2D eigenvalue weighted by Crippen LogP contribution is 2.25. The number of benzene rings is 1. The Morgan fingerprint density at radius 2 is 1.88 bits per heavy atom. The lowest BCUT2D eigenvalue weighted by Crippen LogP contribution is -2.06. The van der Waals surface area contributed by atoms with Crippen LogP contribution in [0, 0.1) is 0 Å². The van der Waals surface area contributed by atoms with Gasteiger partial charge in [0.2, 0.25) is 0 Å². The summed E-state index contributed by atoms with van der Waals surface area (Å²) in [6, 6.07) is 9.67. The monoisotopic (exact) mass is 376 g/mol. The van der Waals surface area contributed by atoms with E-state index in [1.165, 1.54) is 18.4 Å². The first-order valence-corrected chi connectivity index (χ1v) is 9.46. The van der Waals surface area contributed by atoms with Gasteiger partial charge in [0.05, 0.1) is 13.7 Å². The van der Waals surface area contributed by atoms with Crippen LogP contribution >= 0.6 is 11.3 Å². The average Bonchev–Trinajstić information content (AvgIpc) is 3.13. The molecule has 0 N–H and O–H groups in total. The van der Waals surface area contributed by atoms with Crippen LogP contribution < -0.4 is 4.74 Å². The predicted molar refractivity (Wildman–Crippen MR) is 101 cm³/mol. The van der Waals surface area contributed by atoms with Gasteiger partial charge in [-0.05, 0) is 48.4 Å². The highest BCUT2D eigenvalue weighted by molar-refractivity contribution is 7.12. The van der Waals surface area contributed by atoms with Gasteiger partial charge in [-0.25, -0.2) is 4.79 Å². The van der Waals surface area contributed by atoms with Crippen molar-refractivity contribution in [2.24, 2.45) is 0 Å². The normalized spacial score (nSPS) is 11.7. The zero-order valence-electron chi connectivity index (χ0n) is 15.3. The van der Waals surface area contributed by atoms with E-state index in [0.29, 0.717) is 24.5 Å². The molecular weight excluding hydrogens is 352 g/mol. The number of thiophene rings is 1. The first-order chi connectivity index (χ1) is 12.5. The summed E-state index contributed by atoms with van der Waals surface area (Å²) >= 11 is 1.34. The standard InChI is InChI=1S/C20H24O5S/c1-4-24-18(21)10-5-14(2)15-6-8-17(9-7-15)25-13-16-11-12-26-19(16)20(22)23-3/h6-9,11-12,14H,4-5,10,13H2,1-3H3. The molecule has 0 radical (unpaired) electrons. The molecule has 0 saturated carbocycles. The van der Waals surface area contributed by atoms with Gasteiger partial charge in [0.25, 0.3) is 0 Å². The van der Waals surface area contributed by atoms with Crippen LogP contribution in [-0.4, -0.2) is 25.7 Å². The third-order valence-electron chi connectivity index (χ3n) is 4.05. The Morgan fingerprint density at radius 3 is 2.54 bits per heavy atom. The lowest BCUT2D eigenvalue weighted by Gasteiger charge is -2.13. The minimum atomic E-state index is -0.343. The Bertz CT molecular complexity index is 720. The van der Waals surface area contributed by atoms with Crippen molar-refractivity contribution in [3.8, 4) is 5.75 Å². The fraction of sp³-hybridized carbons (Fsp3) is 0.400. The maximum atomic E-state index is 11.7. The highest BCUT2D eigenvalue weighted by Gasteiger charge is 2.14. The first kappa shape index (κ1) is 20.0. The van der Waals surface area contributed by atoms with Crippen LogP contribution in [0.15, 0.2) is 35.7 Å². The van der Waals surface area contributed by atoms with Crippen molar-refractivity contribution in [2.45, 2.75) is 39.2 Å². The quantitative estimate of drug-likeness (QED) is 0.600. The lowest BCUT2D eigenvalue weighted by molar-refractivity contribution is -0.143. The number of carbonyl (C=O) groups is 2. The van der Waals surface area contributed by atoms with E-state index in [-0.39, 0.29) is 17.9 Å². The molecule has 2 aromatic rings. The van der Waals surface area contributed by atoms with Gasteiger partial charge in [-0.3, -0.25) is 4.79 Å². The van der Waals surface area contributed by atoms with Gasteiger partial charge in [-0.15, -0.1) is 11.3 Å². The first-order valence-electron chi connectivity index (χ1n) is 8.58. The summed E-state index contributed by atoms with van der Waals surface area (Å²) in [5, 5.41) is 1.85. The van der Waals surface area contributed by atoms with Crippen LogP contribution in [0.2, 0.25) is 0 Å². The van der Waals surface area contributed by atoms with E-state index < -0.39 is 0 Å². The summed E-state index contributed by atoms with van der Waals surface area (Å²) in [5.74, 6) is 0.491. The molecule has 2 rings (SSSR count). The van der Waals surface area contributed by atoms with Crippen LogP contribution in [0.3, 0.4) is 0 Å². The zero-order chi connectivity index (χ0) is 18.9. The Hall–Kier alpha value is -2.34. The van der Waals surface area contributed by atoms with E-state index in [9.17, 15) is 9.59 Å². The number of ether oxygens (including phenoxy) is 3. The number of rotatable bonds is 9. The molecule has 0 spiro atoms. The summed E-state index contributed by atoms with van der Waals surface area (Å²) < 4.78 is 15.5. The van der Waals surface area contributed by atoms with Gasteiger partial charge in [0, 0.05) is 12.0 Å². The number of hydrogen-bond donors (Lipinski definition) is 0. The lowest BCUT2D eigenvalue weighted by atomic mass is 9.96. The molecule has 1 unspecified atom stereocenters. The topological polar surface area (TPSA) is 61.8 Å². The van der Waals surface area contributed by atoms with Crippen molar-refractivity contribution >= 4 is 23.3 Å². The van der Waals surface area contributed by atoms with Crippen molar-refractivity contribution in [1.82, 2.24) is 0 Å². The van der Waals surface area contributed by atoms with Gasteiger partial charge in [0.15, 0.2) is 0 Å². The molecule has 0 fully saturated rings. The molecule has 0 saturated heterocycles. The Morgan fingerprint density at radius 1 is 1.15 bits per heavy atom. The van der Waals surface area contributed by atoms with Crippen LogP contribution in [0.5, 0.6) is 5.75 Å². The van der Waals surface area contributed by atoms with Crippen LogP contribution in [0.4, 0.5) is 0 Å². The minimum absolute atomic E-state index is 0.156. The van der Waals surface area contributed by atoms with Crippen LogP contribution in [0.1, 0.15) is 53.4 Å². The molecular formula is C20H24O5S. The predicted octanol–water partition coefficient (Wildman–Crippen LogP) is 4.56. The second kappa shape index (κ2) is 9.97. The Balaban J connectivity index is 1.88. The molecule has 0 amide bonds. The fourth-order valence-electron chi connectivity index (χ4n) is 2.51. The molecule has 1 atom stereocenters. The smallest absolute Gasteiger partial charge is 0.348 e. The molecule has 0 bridgehead atoms. The molecule has 140 valence electrons. The Labute approximate surface area is 157 Å². The van der Waals surface area contributed by atoms with E-state index in [1.807, 2.05) is 42.6 Å². The van der Waals surface area contributed by atoms with Crippen molar-refractivity contribution in [1.29, 1.82) is 0 Å². The van der Waals surface area contributed by atoms with Crippen molar-refractivity contribution < 1.29 is 23.8 Å². The summed E-state index contributed by atoms with van der Waals surface area (Å²) in [6.45, 7) is 4.63. The number of methoxy groups -OCH3 is 1. The molecule has 1 aromatic carbocycles. The highest BCUT2D eigenvalue weighted by atomic mass is 32.1. The van der Waals surface area contributed by atoms with Gasteiger partial charge < -0.3 is 14.2 Å². The largest absolute Gasteiger partial charge is 0.489 e. The Kier molecular flexibility index (Phi) is 7.66. The maximum Gasteiger partial charge on any atom is 0.348 e. The number of hydrogen-bond acceptors (Lipinski definition) is 6. The van der Waals surface area contributed by atoms with E-state index in [4.69, 9.17) is 14.2 Å². The SMILES string of the molecule is CCOC(=O)CCC(C)c1ccc(OCc2ccsc2C(=O)OC)cc1. The molecule has 0 aliphatic carbocycles. The zero-order valence-corrected chi connectivity index (χ0v) is 16.1. The molecule has 0 aliphatic heterocycles.